The normalized spacial score (nSPS) is 35.4. The van der Waals surface area contributed by atoms with E-state index in [1.165, 1.54) is 12.0 Å². The zero-order valence-electron chi connectivity index (χ0n) is 29.7. The van der Waals surface area contributed by atoms with E-state index in [9.17, 15) is 24.3 Å². The van der Waals surface area contributed by atoms with E-state index in [1.54, 1.807) is 14.0 Å². The number of aliphatic hydroxyl groups excluding tert-OH is 1. The van der Waals surface area contributed by atoms with E-state index in [0.29, 0.717) is 32.1 Å². The molecule has 0 saturated carbocycles. The van der Waals surface area contributed by atoms with Crippen LogP contribution in [0.25, 0.3) is 0 Å². The van der Waals surface area contributed by atoms with Gasteiger partial charge in [0.1, 0.15) is 18.8 Å². The number of likely N-dealkylation sites (tertiary alicyclic amines) is 1. The summed E-state index contributed by atoms with van der Waals surface area (Å²) in [5.41, 5.74) is 1.63. The highest BCUT2D eigenvalue weighted by Crippen LogP contribution is 2.38. The number of aliphatic hydroxyl groups is 1. The molecule has 49 heavy (non-hydrogen) atoms. The number of Topliss-reactive ketones (excluding diaryl/α,β-unsaturated/α-hetero) is 2. The molecule has 2 heterocycles. The summed E-state index contributed by atoms with van der Waals surface area (Å²) >= 11 is 0. The molecular weight excluding hydrogens is 626 g/mol. The number of piperidine rings is 1. The Balaban J connectivity index is 1.61. The van der Waals surface area contributed by atoms with E-state index < -0.39 is 66.1 Å². The van der Waals surface area contributed by atoms with Gasteiger partial charge in [-0.05, 0) is 62.0 Å². The third-order valence-electron chi connectivity index (χ3n) is 10.1. The smallest absolute Gasteiger partial charge is 0.329 e. The molecule has 2 fully saturated rings. The average molecular weight is 680 g/mol. The van der Waals surface area contributed by atoms with Crippen LogP contribution in [0.3, 0.4) is 0 Å². The largest absolute Gasteiger partial charge is 0.459 e. The van der Waals surface area contributed by atoms with Gasteiger partial charge in [-0.15, -0.1) is 0 Å². The second-order valence-electron chi connectivity index (χ2n) is 13.9. The van der Waals surface area contributed by atoms with Crippen molar-refractivity contribution in [2.45, 2.75) is 103 Å². The summed E-state index contributed by atoms with van der Waals surface area (Å²) in [5, 5.41) is 11.3. The lowest BCUT2D eigenvalue weighted by Gasteiger charge is -2.45. The van der Waals surface area contributed by atoms with Gasteiger partial charge in [-0.1, -0.05) is 81.5 Å². The van der Waals surface area contributed by atoms with Gasteiger partial charge in [-0.3, -0.25) is 14.4 Å². The van der Waals surface area contributed by atoms with Crippen molar-refractivity contribution < 1.29 is 43.2 Å². The predicted molar refractivity (Wildman–Crippen MR) is 184 cm³/mol. The highest BCUT2D eigenvalue weighted by Gasteiger charge is 2.51. The van der Waals surface area contributed by atoms with Crippen LogP contribution in [-0.4, -0.2) is 90.8 Å². The molecule has 1 N–H and O–H groups in total. The molecule has 1 amide bonds. The number of benzene rings is 1. The van der Waals surface area contributed by atoms with Crippen LogP contribution < -0.4 is 0 Å². The third kappa shape index (κ3) is 9.42. The van der Waals surface area contributed by atoms with Crippen LogP contribution >= 0.6 is 0 Å². The molecule has 4 unspecified atom stereocenters. The molecule has 0 radical (unpaired) electrons. The molecule has 10 nitrogen and oxygen atoms in total. The van der Waals surface area contributed by atoms with E-state index in [2.05, 4.69) is 13.0 Å². The maximum absolute atomic E-state index is 14.0. The standard InChI is InChI=1S/C39H53NO9/c1-24-15-9-7-10-16-25(2)35(46-5)31(36(47-6)32(41)26(3)21-24)30-22-27(4)33(42)37(49-30)34(43)38(44)40-20-14-13-19-29(40)39(45)48-23-28-17-11-8-12-18-28/h7-12,15-18,24,26-27,29-31,33,35-37,42H,13-14,19-23H2,1-6H3/b10-7+,15-9-,25-16-/t24-,26+,27?,29?,30-,31?,33+,35-,36?,37+/m0/s1. The number of ketones is 2. The minimum atomic E-state index is -1.51. The molecule has 10 heteroatoms. The van der Waals surface area contributed by atoms with Gasteiger partial charge in [0.2, 0.25) is 0 Å². The minimum absolute atomic E-state index is 0.0505. The van der Waals surface area contributed by atoms with Crippen molar-refractivity contribution >= 4 is 23.4 Å². The topological polar surface area (TPSA) is 129 Å². The predicted octanol–water partition coefficient (Wildman–Crippen LogP) is 4.78. The quantitative estimate of drug-likeness (QED) is 0.305. The Morgan fingerprint density at radius 1 is 0.959 bits per heavy atom. The fourth-order valence-electron chi connectivity index (χ4n) is 7.41. The van der Waals surface area contributed by atoms with Crippen molar-refractivity contribution in [2.24, 2.45) is 23.7 Å². The number of carbonyl (C=O) groups is 4. The number of hydrogen-bond donors (Lipinski definition) is 1. The first-order valence-electron chi connectivity index (χ1n) is 17.5. The molecule has 2 saturated heterocycles. The molecule has 0 bridgehead atoms. The fourth-order valence-corrected chi connectivity index (χ4v) is 7.41. The Kier molecular flexibility index (Phi) is 14.1. The molecular formula is C39H53NO9. The van der Waals surface area contributed by atoms with Crippen LogP contribution in [0.4, 0.5) is 0 Å². The van der Waals surface area contributed by atoms with Gasteiger partial charge in [0, 0.05) is 32.6 Å². The number of hydrogen-bond acceptors (Lipinski definition) is 9. The van der Waals surface area contributed by atoms with Gasteiger partial charge in [-0.2, -0.15) is 0 Å². The van der Waals surface area contributed by atoms with Gasteiger partial charge >= 0.3 is 5.97 Å². The van der Waals surface area contributed by atoms with Gasteiger partial charge in [0.05, 0.1) is 18.3 Å². The fraction of sp³-hybridized carbons (Fsp3) is 0.590. The average Bonchev–Trinajstić information content (AvgIpc) is 3.11. The number of esters is 1. The zero-order chi connectivity index (χ0) is 35.7. The monoisotopic (exact) mass is 679 g/mol. The summed E-state index contributed by atoms with van der Waals surface area (Å²) in [6.45, 7) is 7.89. The second kappa shape index (κ2) is 18.0. The van der Waals surface area contributed by atoms with Crippen molar-refractivity contribution in [3.63, 3.8) is 0 Å². The van der Waals surface area contributed by atoms with E-state index >= 15 is 0 Å². The Hall–Kier alpha value is -3.44. The van der Waals surface area contributed by atoms with Crippen LogP contribution in [-0.2, 0) is 44.7 Å². The van der Waals surface area contributed by atoms with Gasteiger partial charge in [0.15, 0.2) is 11.9 Å². The Labute approximate surface area is 290 Å². The number of allylic oxidation sites excluding steroid dienone is 5. The molecule has 10 atom stereocenters. The zero-order valence-corrected chi connectivity index (χ0v) is 29.7. The van der Waals surface area contributed by atoms with Crippen LogP contribution in [0.2, 0.25) is 0 Å². The molecule has 3 aliphatic rings. The minimum Gasteiger partial charge on any atom is -0.459 e. The number of nitrogens with zero attached hydrogens (tertiary/aromatic N) is 1. The van der Waals surface area contributed by atoms with E-state index in [4.69, 9.17) is 18.9 Å². The lowest BCUT2D eigenvalue weighted by atomic mass is 9.75. The second-order valence-corrected chi connectivity index (χ2v) is 13.9. The van der Waals surface area contributed by atoms with Crippen molar-refractivity contribution in [3.8, 4) is 0 Å². The summed E-state index contributed by atoms with van der Waals surface area (Å²) in [4.78, 5) is 56.4. The molecule has 4 rings (SSSR count). The highest BCUT2D eigenvalue weighted by atomic mass is 16.5. The van der Waals surface area contributed by atoms with Crippen molar-refractivity contribution in [1.82, 2.24) is 4.90 Å². The highest BCUT2D eigenvalue weighted by molar-refractivity contribution is 6.38. The van der Waals surface area contributed by atoms with Crippen LogP contribution in [0.15, 0.2) is 66.3 Å². The first kappa shape index (κ1) is 38.4. The van der Waals surface area contributed by atoms with Crippen molar-refractivity contribution in [2.75, 3.05) is 20.8 Å². The third-order valence-corrected chi connectivity index (χ3v) is 10.1. The van der Waals surface area contributed by atoms with E-state index in [0.717, 1.165) is 11.1 Å². The first-order valence-corrected chi connectivity index (χ1v) is 17.5. The number of ether oxygens (including phenoxy) is 4. The van der Waals surface area contributed by atoms with Gasteiger partial charge in [-0.25, -0.2) is 4.79 Å². The number of carbonyl (C=O) groups excluding carboxylic acids is 4. The summed E-state index contributed by atoms with van der Waals surface area (Å²) in [5.74, 6) is -3.88. The molecule has 2 aliphatic heterocycles. The lowest BCUT2D eigenvalue weighted by molar-refractivity contribution is -0.195. The molecule has 0 spiro atoms. The summed E-state index contributed by atoms with van der Waals surface area (Å²) < 4.78 is 23.9. The van der Waals surface area contributed by atoms with Gasteiger partial charge < -0.3 is 29.0 Å². The molecule has 268 valence electrons. The van der Waals surface area contributed by atoms with Crippen molar-refractivity contribution in [3.05, 3.63) is 71.8 Å². The number of amides is 1. The Bertz CT molecular complexity index is 1390. The SMILES string of the molecule is COC1C(=O)[C@H](C)C[C@@H](C)\C=C/C=C/C=C(/C)[C@H](OC)C1[C@@H]1CC(C)[C@@H](O)[C@H](C(=O)C(=O)N2CCCCC2C(=O)OCc2ccccc2)O1. The molecule has 1 aromatic carbocycles. The lowest BCUT2D eigenvalue weighted by Crippen LogP contribution is -2.59. The van der Waals surface area contributed by atoms with Gasteiger partial charge in [0.25, 0.3) is 11.7 Å². The van der Waals surface area contributed by atoms with E-state index in [-0.39, 0.29) is 30.8 Å². The number of methoxy groups -OCH3 is 2. The number of rotatable bonds is 8. The Morgan fingerprint density at radius 3 is 2.37 bits per heavy atom. The van der Waals surface area contributed by atoms with Crippen LogP contribution in [0, 0.1) is 23.7 Å². The molecule has 0 aromatic heterocycles. The molecule has 1 aromatic rings. The summed E-state index contributed by atoms with van der Waals surface area (Å²) in [6, 6.07) is 8.31. The first-order chi connectivity index (χ1) is 23.5. The maximum Gasteiger partial charge on any atom is 0.329 e. The summed E-state index contributed by atoms with van der Waals surface area (Å²) in [6.07, 6.45) is 7.21. The molecule has 1 aliphatic carbocycles. The van der Waals surface area contributed by atoms with Crippen molar-refractivity contribution in [1.29, 1.82) is 0 Å². The van der Waals surface area contributed by atoms with Crippen LogP contribution in [0.5, 0.6) is 0 Å². The summed E-state index contributed by atoms with van der Waals surface area (Å²) in [7, 11) is 3.04. The van der Waals surface area contributed by atoms with E-state index in [1.807, 2.05) is 68.5 Å². The van der Waals surface area contributed by atoms with Crippen LogP contribution in [0.1, 0.15) is 65.4 Å². The Morgan fingerprint density at radius 2 is 1.67 bits per heavy atom. The maximum atomic E-state index is 14.0.